The van der Waals surface area contributed by atoms with Gasteiger partial charge in [-0.25, -0.2) is 14.6 Å². The Hall–Kier alpha value is -7.79. The van der Waals surface area contributed by atoms with Crippen LogP contribution in [0.1, 0.15) is 136 Å². The molecule has 1 saturated heterocycles. The van der Waals surface area contributed by atoms with Gasteiger partial charge in [0.15, 0.2) is 0 Å². The van der Waals surface area contributed by atoms with Crippen LogP contribution in [0.3, 0.4) is 0 Å². The number of hydrogen-bond acceptors (Lipinski definition) is 17. The molecule has 9 N–H and O–H groups in total. The summed E-state index contributed by atoms with van der Waals surface area (Å²) in [6.07, 6.45) is 2.38. The summed E-state index contributed by atoms with van der Waals surface area (Å²) in [7, 11) is 9.83. The fourth-order valence-electron chi connectivity index (χ4n) is 12.2. The van der Waals surface area contributed by atoms with Crippen LogP contribution in [0.15, 0.2) is 66.2 Å². The quantitative estimate of drug-likeness (QED) is 0.0318. The second kappa shape index (κ2) is 41.6. The van der Waals surface area contributed by atoms with E-state index in [1.807, 2.05) is 94.2 Å². The summed E-state index contributed by atoms with van der Waals surface area (Å²) in [5, 5.41) is 28.7. The van der Waals surface area contributed by atoms with Crippen molar-refractivity contribution in [1.29, 1.82) is 0 Å². The summed E-state index contributed by atoms with van der Waals surface area (Å²) >= 11 is 1.47. The Morgan fingerprint density at radius 3 is 1.93 bits per heavy atom. The first-order valence-electron chi connectivity index (χ1n) is 34.1. The Kier molecular flexibility index (Phi) is 35.1. The van der Waals surface area contributed by atoms with E-state index < -0.39 is 108 Å². The van der Waals surface area contributed by atoms with E-state index in [1.165, 1.54) is 30.4 Å². The van der Waals surface area contributed by atoms with Gasteiger partial charge in [0.2, 0.25) is 41.4 Å². The third-order valence-electron chi connectivity index (χ3n) is 18.2. The second-order valence-corrected chi connectivity index (χ2v) is 27.7. The van der Waals surface area contributed by atoms with Crippen molar-refractivity contribution < 1.29 is 67.3 Å². The number of benzene rings is 2. The lowest BCUT2D eigenvalue weighted by molar-refractivity contribution is -0.148. The molecule has 3 aromatic rings. The lowest BCUT2D eigenvalue weighted by Gasteiger charge is -2.41. The predicted octanol–water partition coefficient (Wildman–Crippen LogP) is 5.64. The molecule has 0 bridgehead atoms. The molecule has 4 rings (SSSR count). The number of likely N-dealkylation sites (N-methyl/N-ethyl adjacent to an activating group) is 4. The minimum absolute atomic E-state index is 0.0204. The van der Waals surface area contributed by atoms with E-state index in [1.54, 1.807) is 82.1 Å². The largest absolute Gasteiger partial charge is 0.481 e. The summed E-state index contributed by atoms with van der Waals surface area (Å²) in [5.74, 6) is -5.87. The second-order valence-electron chi connectivity index (χ2n) is 26.8. The van der Waals surface area contributed by atoms with Gasteiger partial charge in [-0.05, 0) is 93.1 Å². The highest BCUT2D eigenvalue weighted by atomic mass is 32.1. The van der Waals surface area contributed by atoms with Gasteiger partial charge in [0.1, 0.15) is 35.8 Å². The number of hydrogen-bond donors (Lipinski definition) is 8. The number of carbonyl (C=O) groups excluding carboxylic acids is 9. The van der Waals surface area contributed by atoms with Crippen LogP contribution in [0.2, 0.25) is 0 Å². The van der Waals surface area contributed by atoms with Crippen molar-refractivity contribution in [3.8, 4) is 0 Å². The Morgan fingerprint density at radius 2 is 1.37 bits per heavy atom. The number of rotatable bonds is 42. The normalized spacial score (nSPS) is 16.2. The molecule has 1 unspecified atom stereocenters. The summed E-state index contributed by atoms with van der Waals surface area (Å²) < 4.78 is 17.9. The van der Waals surface area contributed by atoms with Gasteiger partial charge in [-0.2, -0.15) is 0 Å². The first kappa shape index (κ1) is 82.6. The fraction of sp³-hybridized carbons (Fsp3) is 0.643. The van der Waals surface area contributed by atoms with Crippen molar-refractivity contribution in [3.05, 3.63) is 82.3 Å². The zero-order valence-corrected chi connectivity index (χ0v) is 61.0. The summed E-state index contributed by atoms with van der Waals surface area (Å²) in [5.41, 5.74) is 7.19. The van der Waals surface area contributed by atoms with Crippen LogP contribution in [0.5, 0.6) is 0 Å². The van der Waals surface area contributed by atoms with E-state index in [-0.39, 0.29) is 80.9 Å². The first-order valence-corrected chi connectivity index (χ1v) is 35.0. The smallest absolute Gasteiger partial charge is 0.410 e. The van der Waals surface area contributed by atoms with Crippen LogP contribution in [0.4, 0.5) is 15.3 Å². The number of thiazole rings is 1. The molecule has 27 nitrogen and oxygen atoms in total. The molecule has 1 aliphatic rings. The van der Waals surface area contributed by atoms with Gasteiger partial charge in [0, 0.05) is 91.3 Å². The number of nitrogens with two attached hydrogens (primary N) is 1. The van der Waals surface area contributed by atoms with Gasteiger partial charge in [-0.15, -0.1) is 11.3 Å². The van der Waals surface area contributed by atoms with Gasteiger partial charge in [-0.1, -0.05) is 111 Å². The van der Waals surface area contributed by atoms with E-state index in [2.05, 4.69) is 36.9 Å². The van der Waals surface area contributed by atoms with E-state index in [4.69, 9.17) is 25.1 Å². The van der Waals surface area contributed by atoms with Crippen molar-refractivity contribution in [2.75, 3.05) is 87.0 Å². The molecule has 28 heteroatoms. The number of aliphatic carboxylic acids is 1. The van der Waals surface area contributed by atoms with E-state index in [9.17, 15) is 47.9 Å². The minimum Gasteiger partial charge on any atom is -0.481 e. The van der Waals surface area contributed by atoms with Crippen molar-refractivity contribution in [3.63, 3.8) is 0 Å². The molecular formula is C70H111N13O14S. The Morgan fingerprint density at radius 1 is 0.724 bits per heavy atom. The number of anilines is 1. The molecule has 10 amide bonds. The molecule has 0 radical (unpaired) electrons. The van der Waals surface area contributed by atoms with Crippen LogP contribution >= 0.6 is 11.3 Å². The molecule has 0 aliphatic carbocycles. The van der Waals surface area contributed by atoms with Crippen molar-refractivity contribution in [1.82, 2.24) is 56.1 Å². The third kappa shape index (κ3) is 26.1. The first-order chi connectivity index (χ1) is 46.4. The average Bonchev–Trinajstić information content (AvgIpc) is 1.31. The highest BCUT2D eigenvalue weighted by Gasteiger charge is 2.44. The maximum absolute atomic E-state index is 14.9. The van der Waals surface area contributed by atoms with Crippen LogP contribution in [0, 0.1) is 29.6 Å². The molecule has 11 atom stereocenters. The van der Waals surface area contributed by atoms with Crippen LogP contribution in [-0.2, 0) is 65.6 Å². The zero-order chi connectivity index (χ0) is 72.9. The van der Waals surface area contributed by atoms with E-state index in [0.717, 1.165) is 10.6 Å². The standard InChI is InChI=1S/C70H111N13O14S/c1-16-46(8)61(54(95-14)41-56(85)83-34-21-25-53(83)62(96-15)47(9)63(88)76-52(67-72-33-39-98-67)40-48-22-18-17-19-23-48)81(12)68(92)59(44(4)5)78-66(91)60(45(6)7)82(13)70(94)97-42-49-26-28-50(29-27-49)74-64(89)51(24-20-32-73-69(71)93)75-65(90)58(43(2)3)77-55(84)30-35-79(10)37-38-80(11)36-31-57(86)87/h17-19,22-23,26-29,33,39,43-47,51-54,58-62H,16,20-21,24-25,30-32,34-38,40-42H2,1-15H3,(H,74,89)(H,75,90)(H,76,88)(H,77,84)(H,78,91)(H,86,87)(H3,71,73,93)/t46-,47+,51-,52-,53-,54?,58-,59-,60-,61-,62+/m0/s1. The number of carboxylic acid groups (broad SMARTS) is 1. The molecule has 546 valence electrons. The zero-order valence-electron chi connectivity index (χ0n) is 60.2. The Labute approximate surface area is 583 Å². The fourth-order valence-corrected chi connectivity index (χ4v) is 12.9. The maximum Gasteiger partial charge on any atom is 0.410 e. The molecule has 2 aromatic carbocycles. The molecule has 98 heavy (non-hydrogen) atoms. The number of primary amides is 1. The number of nitrogens with zero attached hydrogens (tertiary/aromatic N) is 6. The number of carbonyl (C=O) groups is 10. The van der Waals surface area contributed by atoms with Crippen LogP contribution in [-0.4, -0.2) is 224 Å². The molecule has 0 spiro atoms. The van der Waals surface area contributed by atoms with Gasteiger partial charge in [0.25, 0.3) is 0 Å². The SMILES string of the molecule is CC[C@H](C)[C@@H](C(CC(=O)N1CCC[C@H]1[C@H](OC)[C@@H](C)C(=O)N[C@@H](Cc1ccccc1)c1nccs1)OC)N(C)C(=O)[C@@H](NC(=O)[C@H](C(C)C)N(C)C(=O)OCc1ccc(NC(=O)[C@H](CCCNC(N)=O)NC(=O)[C@@H](NC(=O)CCN(C)CCN(C)CCC(=O)O)C(C)C)cc1)C(C)C. The number of likely N-dealkylation sites (tertiary alicyclic amines) is 1. The average molecular weight is 1390 g/mol. The molecule has 1 aliphatic heterocycles. The van der Waals surface area contributed by atoms with Gasteiger partial charge < -0.3 is 76.6 Å². The number of carboxylic acids is 1. The lowest BCUT2D eigenvalue weighted by Crippen LogP contribution is -2.60. The van der Waals surface area contributed by atoms with Crippen molar-refractivity contribution in [2.24, 2.45) is 35.3 Å². The summed E-state index contributed by atoms with van der Waals surface area (Å²) in [6.45, 7) is 18.8. The number of amides is 10. The van der Waals surface area contributed by atoms with Crippen LogP contribution in [0.25, 0.3) is 0 Å². The molecule has 0 saturated carbocycles. The van der Waals surface area contributed by atoms with Gasteiger partial charge in [0.05, 0.1) is 49.1 Å². The minimum atomic E-state index is -1.10. The molecule has 1 aromatic heterocycles. The number of nitrogens with one attached hydrogen (secondary N) is 6. The molecule has 2 heterocycles. The third-order valence-corrected chi connectivity index (χ3v) is 19.1. The monoisotopic (exact) mass is 1390 g/mol. The van der Waals surface area contributed by atoms with Crippen LogP contribution < -0.4 is 37.6 Å². The van der Waals surface area contributed by atoms with Crippen molar-refractivity contribution >= 4 is 76.5 Å². The molecular weight excluding hydrogens is 1280 g/mol. The Bertz CT molecular complexity index is 3020. The van der Waals surface area contributed by atoms with Gasteiger partial charge >= 0.3 is 18.1 Å². The Balaban J connectivity index is 1.39. The number of aromatic nitrogens is 1. The highest BCUT2D eigenvalue weighted by molar-refractivity contribution is 7.09. The maximum atomic E-state index is 14.9. The summed E-state index contributed by atoms with van der Waals surface area (Å²) in [6, 6.07) is 9.93. The molecule has 1 fully saturated rings. The number of methoxy groups -OCH3 is 2. The van der Waals surface area contributed by atoms with E-state index in [0.29, 0.717) is 69.7 Å². The summed E-state index contributed by atoms with van der Waals surface area (Å²) in [4.78, 5) is 148. The number of ether oxygens (including phenoxy) is 3. The van der Waals surface area contributed by atoms with Crippen molar-refractivity contribution in [2.45, 2.75) is 181 Å². The number of urea groups is 1. The predicted molar refractivity (Wildman–Crippen MR) is 375 cm³/mol. The topological polar surface area (TPSA) is 346 Å². The lowest BCUT2D eigenvalue weighted by atomic mass is 9.89. The van der Waals surface area contributed by atoms with Gasteiger partial charge in [-0.3, -0.25) is 43.3 Å². The van der Waals surface area contributed by atoms with E-state index >= 15 is 0 Å². The highest BCUT2D eigenvalue weighted by Crippen LogP contribution is 2.31.